The van der Waals surface area contributed by atoms with Crippen molar-refractivity contribution in [1.29, 1.82) is 0 Å². The molecule has 0 aliphatic heterocycles. The van der Waals surface area contributed by atoms with Gasteiger partial charge in [-0.25, -0.2) is 22.0 Å². The number of hydrogen-bond acceptors (Lipinski definition) is 2. The van der Waals surface area contributed by atoms with Crippen LogP contribution in [-0.4, -0.2) is 28.7 Å². The highest BCUT2D eigenvalue weighted by Crippen LogP contribution is 2.35. The molecule has 0 bridgehead atoms. The molecular formula is C19H14F5N3O. The summed E-state index contributed by atoms with van der Waals surface area (Å²) in [5, 5.41) is 3.81. The van der Waals surface area contributed by atoms with Crippen molar-refractivity contribution >= 4 is 11.6 Å². The summed E-state index contributed by atoms with van der Waals surface area (Å²) in [5.74, 6) is -4.16. The van der Waals surface area contributed by atoms with Gasteiger partial charge in [0.2, 0.25) is 0 Å². The maximum Gasteiger partial charge on any atom is 0.261 e. The molecule has 9 heteroatoms. The van der Waals surface area contributed by atoms with E-state index in [2.05, 4.69) is 5.10 Å². The van der Waals surface area contributed by atoms with Crippen LogP contribution in [0.25, 0.3) is 11.1 Å². The molecule has 1 heterocycles. The number of hydrogen-bond donors (Lipinski definition) is 0. The number of rotatable bonds is 5. The molecule has 4 nitrogen and oxygen atoms in total. The first-order chi connectivity index (χ1) is 13.3. The third-order valence-electron chi connectivity index (χ3n) is 4.00. The van der Waals surface area contributed by atoms with E-state index in [0.717, 1.165) is 18.2 Å². The maximum atomic E-state index is 14.7. The molecule has 0 saturated heterocycles. The Balaban J connectivity index is 2.17. The summed E-state index contributed by atoms with van der Waals surface area (Å²) < 4.78 is 69.3. The van der Waals surface area contributed by atoms with E-state index in [1.165, 1.54) is 42.3 Å². The highest BCUT2D eigenvalue weighted by molar-refractivity contribution is 6.08. The molecule has 0 N–H and O–H groups in total. The fourth-order valence-corrected chi connectivity index (χ4v) is 2.79. The first kappa shape index (κ1) is 19.5. The lowest BCUT2D eigenvalue weighted by molar-refractivity contribution is 0.0944. The number of benzene rings is 2. The number of aromatic nitrogens is 2. The number of aryl methyl sites for hydroxylation is 1. The van der Waals surface area contributed by atoms with Gasteiger partial charge in [-0.1, -0.05) is 18.2 Å². The minimum absolute atomic E-state index is 0.0253. The molecule has 1 aromatic heterocycles. The van der Waals surface area contributed by atoms with E-state index in [0.29, 0.717) is 4.90 Å². The largest absolute Gasteiger partial charge is 0.299 e. The molecule has 0 aliphatic rings. The number of carbonyl (C=O) groups is 1. The van der Waals surface area contributed by atoms with Gasteiger partial charge in [-0.2, -0.15) is 5.10 Å². The Bertz CT molecular complexity index is 1020. The van der Waals surface area contributed by atoms with E-state index in [1.807, 2.05) is 0 Å². The van der Waals surface area contributed by atoms with Gasteiger partial charge in [0.15, 0.2) is 11.6 Å². The number of nitrogens with zero attached hydrogens (tertiary/aromatic N) is 3. The zero-order valence-corrected chi connectivity index (χ0v) is 14.5. The van der Waals surface area contributed by atoms with Crippen molar-refractivity contribution < 1.29 is 26.7 Å². The van der Waals surface area contributed by atoms with Crippen LogP contribution < -0.4 is 4.90 Å². The fraction of sp³-hybridized carbons (Fsp3) is 0.158. The van der Waals surface area contributed by atoms with E-state index in [-0.39, 0.29) is 16.7 Å². The number of halogens is 5. The van der Waals surface area contributed by atoms with Crippen molar-refractivity contribution in [2.75, 3.05) is 11.4 Å². The predicted molar refractivity (Wildman–Crippen MR) is 92.6 cm³/mol. The van der Waals surface area contributed by atoms with E-state index in [1.54, 1.807) is 0 Å². The van der Waals surface area contributed by atoms with Crippen LogP contribution in [0.5, 0.6) is 0 Å². The lowest BCUT2D eigenvalue weighted by Gasteiger charge is -2.25. The van der Waals surface area contributed by atoms with Gasteiger partial charge in [-0.15, -0.1) is 0 Å². The number of anilines is 1. The van der Waals surface area contributed by atoms with Crippen LogP contribution in [0.4, 0.5) is 27.6 Å². The van der Waals surface area contributed by atoms with Crippen LogP contribution in [0.15, 0.2) is 48.8 Å². The second kappa shape index (κ2) is 7.79. The zero-order valence-electron chi connectivity index (χ0n) is 14.5. The van der Waals surface area contributed by atoms with Crippen molar-refractivity contribution in [3.63, 3.8) is 0 Å². The summed E-state index contributed by atoms with van der Waals surface area (Å²) in [5.41, 5.74) is -0.478. The highest BCUT2D eigenvalue weighted by atomic mass is 19.3. The summed E-state index contributed by atoms with van der Waals surface area (Å²) in [6.45, 7) is -1.09. The Labute approximate surface area is 156 Å². The third kappa shape index (κ3) is 3.88. The van der Waals surface area contributed by atoms with Crippen LogP contribution in [-0.2, 0) is 7.05 Å². The lowest BCUT2D eigenvalue weighted by atomic mass is 10.0. The summed E-state index contributed by atoms with van der Waals surface area (Å²) in [7, 11) is 1.53. The Hall–Kier alpha value is -3.23. The third-order valence-corrected chi connectivity index (χ3v) is 4.00. The van der Waals surface area contributed by atoms with Gasteiger partial charge in [-0.3, -0.25) is 14.4 Å². The van der Waals surface area contributed by atoms with Crippen molar-refractivity contribution in [3.8, 4) is 11.1 Å². The molecule has 0 saturated carbocycles. The van der Waals surface area contributed by atoms with E-state index in [9.17, 15) is 26.7 Å². The lowest BCUT2D eigenvalue weighted by Crippen LogP contribution is -2.36. The molecule has 0 fully saturated rings. The van der Waals surface area contributed by atoms with Crippen molar-refractivity contribution in [1.82, 2.24) is 9.78 Å². The van der Waals surface area contributed by atoms with Crippen molar-refractivity contribution in [3.05, 3.63) is 71.8 Å². The average molecular weight is 395 g/mol. The molecule has 0 aliphatic carbocycles. The minimum atomic E-state index is -2.96. The Kier molecular flexibility index (Phi) is 5.43. The van der Waals surface area contributed by atoms with Gasteiger partial charge in [-0.05, 0) is 23.8 Å². The molecule has 1 amide bonds. The molecule has 0 spiro atoms. The number of para-hydroxylation sites is 1. The van der Waals surface area contributed by atoms with Crippen LogP contribution in [0.1, 0.15) is 10.4 Å². The summed E-state index contributed by atoms with van der Waals surface area (Å²) >= 11 is 0. The molecule has 0 unspecified atom stereocenters. The van der Waals surface area contributed by atoms with Gasteiger partial charge in [0.1, 0.15) is 5.82 Å². The van der Waals surface area contributed by atoms with Gasteiger partial charge in [0.05, 0.1) is 24.0 Å². The molecule has 28 heavy (non-hydrogen) atoms. The second-order valence-corrected chi connectivity index (χ2v) is 5.97. The summed E-state index contributed by atoms with van der Waals surface area (Å²) in [6, 6.07) is 6.42. The Morgan fingerprint density at radius 2 is 1.86 bits per heavy atom. The number of alkyl halides is 2. The number of carbonyl (C=O) groups excluding carboxylic acids is 1. The molecule has 3 aromatic rings. The highest BCUT2D eigenvalue weighted by Gasteiger charge is 2.28. The topological polar surface area (TPSA) is 38.1 Å². The van der Waals surface area contributed by atoms with Crippen LogP contribution in [0.3, 0.4) is 0 Å². The molecule has 2 aromatic carbocycles. The summed E-state index contributed by atoms with van der Waals surface area (Å²) in [4.78, 5) is 13.4. The van der Waals surface area contributed by atoms with Crippen LogP contribution in [0.2, 0.25) is 0 Å². The van der Waals surface area contributed by atoms with Gasteiger partial charge in [0.25, 0.3) is 12.3 Å². The molecule has 3 rings (SSSR count). The van der Waals surface area contributed by atoms with Gasteiger partial charge >= 0.3 is 0 Å². The molecular weight excluding hydrogens is 381 g/mol. The zero-order chi connectivity index (χ0) is 20.4. The Morgan fingerprint density at radius 3 is 2.46 bits per heavy atom. The monoisotopic (exact) mass is 395 g/mol. The SMILES string of the molecule is Cn1cc(C(=O)N(CC(F)F)c2c(F)cccc2-c2ccc(F)c(F)c2)cn1. The quantitative estimate of drug-likeness (QED) is 0.600. The van der Waals surface area contributed by atoms with Gasteiger partial charge < -0.3 is 0 Å². The standard InChI is InChI=1S/C19H14F5N3O/c1-26-9-12(8-25-26)19(28)27(10-17(23)24)18-13(3-2-4-15(18)21)11-5-6-14(20)16(22)7-11/h2-9,17H,10H2,1H3. The van der Waals surface area contributed by atoms with E-state index < -0.39 is 42.0 Å². The maximum absolute atomic E-state index is 14.7. The number of amides is 1. The predicted octanol–water partition coefficient (Wildman–Crippen LogP) is 4.42. The van der Waals surface area contributed by atoms with Crippen molar-refractivity contribution in [2.24, 2.45) is 7.05 Å². The first-order valence-corrected chi connectivity index (χ1v) is 8.10. The average Bonchev–Trinajstić information content (AvgIpc) is 3.08. The normalized spacial score (nSPS) is 11.1. The first-order valence-electron chi connectivity index (χ1n) is 8.10. The summed E-state index contributed by atoms with van der Waals surface area (Å²) in [6.07, 6.45) is -0.490. The Morgan fingerprint density at radius 1 is 1.11 bits per heavy atom. The molecule has 146 valence electrons. The second-order valence-electron chi connectivity index (χ2n) is 5.97. The molecule has 0 atom stereocenters. The van der Waals surface area contributed by atoms with Crippen LogP contribution in [0, 0.1) is 17.5 Å². The van der Waals surface area contributed by atoms with E-state index >= 15 is 0 Å². The van der Waals surface area contributed by atoms with Crippen LogP contribution >= 0.6 is 0 Å². The van der Waals surface area contributed by atoms with Crippen molar-refractivity contribution in [2.45, 2.75) is 6.43 Å². The van der Waals surface area contributed by atoms with Gasteiger partial charge in [0, 0.05) is 18.8 Å². The van der Waals surface area contributed by atoms with E-state index in [4.69, 9.17) is 0 Å². The fourth-order valence-electron chi connectivity index (χ4n) is 2.79. The minimum Gasteiger partial charge on any atom is -0.299 e. The molecule has 0 radical (unpaired) electrons. The smallest absolute Gasteiger partial charge is 0.261 e.